The van der Waals surface area contributed by atoms with Crippen molar-refractivity contribution < 1.29 is 44.7 Å². The van der Waals surface area contributed by atoms with E-state index in [1.165, 1.54) is 52.7 Å². The lowest BCUT2D eigenvalue weighted by Gasteiger charge is -2.28. The van der Waals surface area contributed by atoms with Gasteiger partial charge in [0.25, 0.3) is 0 Å². The molecule has 0 spiro atoms. The van der Waals surface area contributed by atoms with Crippen LogP contribution in [-0.2, 0) is 39.9 Å². The molecule has 1 saturated heterocycles. The molecule has 1 heterocycles. The van der Waals surface area contributed by atoms with Crippen LogP contribution in [0.15, 0.2) is 30.3 Å². The first-order valence-electron chi connectivity index (χ1n) is 13.5. The Morgan fingerprint density at radius 1 is 0.895 bits per heavy atom. The number of unbranched alkanes of at least 4 members (excludes halogenated alkanes) is 9. The SMILES string of the molecule is CCCCCCCCCCCC[C@H](OC)C1O[C@@H](OC)C(OS(=O)(=O)C(F)(F)F)C1OCc1ccccc1. The number of rotatable bonds is 19. The number of hydrogen-bond donors (Lipinski definition) is 0. The Balaban J connectivity index is 2.03. The number of halogens is 3. The Bertz CT molecular complexity index is 867. The summed E-state index contributed by atoms with van der Waals surface area (Å²) >= 11 is 0. The Kier molecular flexibility index (Phi) is 14.5. The Hall–Kier alpha value is -1.24. The van der Waals surface area contributed by atoms with Gasteiger partial charge in [-0.2, -0.15) is 21.6 Å². The zero-order valence-corrected chi connectivity index (χ0v) is 23.5. The molecule has 2 rings (SSSR count). The van der Waals surface area contributed by atoms with Crippen LogP contribution in [0.1, 0.15) is 83.1 Å². The summed E-state index contributed by atoms with van der Waals surface area (Å²) in [5.41, 5.74) is -4.84. The minimum Gasteiger partial charge on any atom is -0.379 e. The zero-order valence-electron chi connectivity index (χ0n) is 22.7. The second-order valence-electron chi connectivity index (χ2n) is 9.67. The normalized spacial score (nSPS) is 23.1. The van der Waals surface area contributed by atoms with Gasteiger partial charge in [-0.15, -0.1) is 0 Å². The summed E-state index contributed by atoms with van der Waals surface area (Å²) in [6.45, 7) is 2.22. The van der Waals surface area contributed by atoms with E-state index in [9.17, 15) is 21.6 Å². The lowest BCUT2D eigenvalue weighted by molar-refractivity contribution is -0.166. The first-order chi connectivity index (χ1) is 18.1. The van der Waals surface area contributed by atoms with Crippen LogP contribution in [0, 0.1) is 0 Å². The van der Waals surface area contributed by atoms with Gasteiger partial charge in [0.2, 0.25) is 0 Å². The van der Waals surface area contributed by atoms with Crippen LogP contribution in [0.5, 0.6) is 0 Å². The van der Waals surface area contributed by atoms with Crippen molar-refractivity contribution in [2.45, 2.75) is 120 Å². The molecule has 1 aliphatic rings. The van der Waals surface area contributed by atoms with Gasteiger partial charge < -0.3 is 18.9 Å². The summed E-state index contributed by atoms with van der Waals surface area (Å²) in [5.74, 6) is 0. The van der Waals surface area contributed by atoms with Crippen molar-refractivity contribution in [3.05, 3.63) is 35.9 Å². The maximum Gasteiger partial charge on any atom is 0.523 e. The first-order valence-corrected chi connectivity index (χ1v) is 14.9. The predicted molar refractivity (Wildman–Crippen MR) is 138 cm³/mol. The Labute approximate surface area is 225 Å². The molecule has 0 N–H and O–H groups in total. The third-order valence-corrected chi connectivity index (χ3v) is 7.80. The van der Waals surface area contributed by atoms with Crippen molar-refractivity contribution in [2.75, 3.05) is 14.2 Å². The van der Waals surface area contributed by atoms with Gasteiger partial charge in [-0.25, -0.2) is 0 Å². The molecule has 1 fully saturated rings. The van der Waals surface area contributed by atoms with E-state index in [1.807, 2.05) is 6.07 Å². The van der Waals surface area contributed by atoms with Crippen LogP contribution in [-0.4, -0.2) is 58.9 Å². The lowest BCUT2D eigenvalue weighted by atomic mass is 9.99. The lowest BCUT2D eigenvalue weighted by Crippen LogP contribution is -2.45. The predicted octanol–water partition coefficient (Wildman–Crippen LogP) is 6.50. The van der Waals surface area contributed by atoms with E-state index >= 15 is 0 Å². The molecule has 1 aromatic rings. The highest BCUT2D eigenvalue weighted by Gasteiger charge is 2.56. The molecule has 5 atom stereocenters. The fourth-order valence-corrected chi connectivity index (χ4v) is 5.25. The highest BCUT2D eigenvalue weighted by molar-refractivity contribution is 7.87. The van der Waals surface area contributed by atoms with Crippen molar-refractivity contribution in [3.8, 4) is 0 Å². The third-order valence-electron chi connectivity index (χ3n) is 6.76. The molecule has 1 aromatic carbocycles. The molecular weight excluding hydrogens is 525 g/mol. The zero-order chi connectivity index (χ0) is 28.0. The number of hydrogen-bond acceptors (Lipinski definition) is 7. The summed E-state index contributed by atoms with van der Waals surface area (Å²) in [6.07, 6.45) is 6.49. The molecule has 1 aliphatic heterocycles. The molecule has 11 heteroatoms. The molecule has 0 amide bonds. The van der Waals surface area contributed by atoms with Crippen LogP contribution in [0.2, 0.25) is 0 Å². The Morgan fingerprint density at radius 3 is 2.00 bits per heavy atom. The average Bonchev–Trinajstić information content (AvgIpc) is 3.22. The minimum absolute atomic E-state index is 0.0163. The maximum absolute atomic E-state index is 13.1. The second-order valence-corrected chi connectivity index (χ2v) is 11.2. The van der Waals surface area contributed by atoms with Crippen molar-refractivity contribution >= 4 is 10.1 Å². The molecule has 220 valence electrons. The van der Waals surface area contributed by atoms with Crippen LogP contribution in [0.25, 0.3) is 0 Å². The van der Waals surface area contributed by atoms with Gasteiger partial charge in [0.1, 0.15) is 12.2 Å². The standard InChI is InChI=1S/C27H43F3O7S/c1-4-5-6-7-8-9-10-11-12-16-19-22(33-2)23-24(35-20-21-17-14-13-15-18-21)25(26(34-3)36-23)37-38(31,32)27(28,29)30/h13-15,17-18,22-26H,4-12,16,19-20H2,1-3H3/t22-,23?,24?,25?,26+/m0/s1. The molecule has 3 unspecified atom stereocenters. The molecule has 0 bridgehead atoms. The summed E-state index contributed by atoms with van der Waals surface area (Å²) in [4.78, 5) is 0. The molecule has 0 aromatic heterocycles. The van der Waals surface area contributed by atoms with Gasteiger partial charge in [0.05, 0.1) is 12.7 Å². The van der Waals surface area contributed by atoms with Gasteiger partial charge in [0, 0.05) is 14.2 Å². The van der Waals surface area contributed by atoms with Gasteiger partial charge in [-0.3, -0.25) is 4.18 Å². The smallest absolute Gasteiger partial charge is 0.379 e. The highest BCUT2D eigenvalue weighted by atomic mass is 32.2. The quantitative estimate of drug-likeness (QED) is 0.107. The van der Waals surface area contributed by atoms with Crippen molar-refractivity contribution in [1.82, 2.24) is 0 Å². The molecule has 0 radical (unpaired) electrons. The summed E-state index contributed by atoms with van der Waals surface area (Å²) in [5, 5.41) is 0. The fourth-order valence-electron chi connectivity index (χ4n) is 4.65. The number of benzene rings is 1. The number of alkyl halides is 3. The monoisotopic (exact) mass is 568 g/mol. The maximum atomic E-state index is 13.1. The number of ether oxygens (including phenoxy) is 4. The third kappa shape index (κ3) is 10.4. The van der Waals surface area contributed by atoms with Gasteiger partial charge in [-0.1, -0.05) is 101 Å². The molecule has 7 nitrogen and oxygen atoms in total. The van der Waals surface area contributed by atoms with Gasteiger partial charge >= 0.3 is 15.6 Å². The van der Waals surface area contributed by atoms with Gasteiger partial charge in [0.15, 0.2) is 12.4 Å². The average molecular weight is 569 g/mol. The number of methoxy groups -OCH3 is 2. The van der Waals surface area contributed by atoms with Crippen molar-refractivity contribution in [3.63, 3.8) is 0 Å². The van der Waals surface area contributed by atoms with Crippen LogP contribution in [0.4, 0.5) is 13.2 Å². The summed E-state index contributed by atoms with van der Waals surface area (Å²) in [6, 6.07) is 8.99. The van der Waals surface area contributed by atoms with Crippen molar-refractivity contribution in [2.24, 2.45) is 0 Å². The van der Waals surface area contributed by atoms with E-state index in [0.717, 1.165) is 31.2 Å². The van der Waals surface area contributed by atoms with Gasteiger partial charge in [-0.05, 0) is 12.0 Å². The molecule has 0 aliphatic carbocycles. The van der Waals surface area contributed by atoms with Crippen molar-refractivity contribution in [1.29, 1.82) is 0 Å². The van der Waals surface area contributed by atoms with E-state index < -0.39 is 46.3 Å². The van der Waals surface area contributed by atoms with E-state index in [1.54, 1.807) is 24.3 Å². The summed E-state index contributed by atoms with van der Waals surface area (Å²) in [7, 11) is -3.22. The van der Waals surface area contributed by atoms with Crippen LogP contribution in [0.3, 0.4) is 0 Å². The summed E-state index contributed by atoms with van der Waals surface area (Å²) < 4.78 is 90.3. The van der Waals surface area contributed by atoms with E-state index in [-0.39, 0.29) is 6.61 Å². The fraction of sp³-hybridized carbons (Fsp3) is 0.778. The Morgan fingerprint density at radius 2 is 1.47 bits per heavy atom. The molecule has 38 heavy (non-hydrogen) atoms. The minimum atomic E-state index is -5.91. The second kappa shape index (κ2) is 16.8. The van der Waals surface area contributed by atoms with E-state index in [0.29, 0.717) is 6.42 Å². The largest absolute Gasteiger partial charge is 0.523 e. The highest BCUT2D eigenvalue weighted by Crippen LogP contribution is 2.36. The van der Waals surface area contributed by atoms with E-state index in [4.69, 9.17) is 18.9 Å². The van der Waals surface area contributed by atoms with Crippen LogP contribution < -0.4 is 0 Å². The first kappa shape index (κ1) is 33.0. The topological polar surface area (TPSA) is 80.3 Å². The van der Waals surface area contributed by atoms with E-state index in [2.05, 4.69) is 11.1 Å². The molecular formula is C27H43F3O7S. The van der Waals surface area contributed by atoms with Crippen LogP contribution >= 0.6 is 0 Å². The molecule has 0 saturated carbocycles.